The van der Waals surface area contributed by atoms with Gasteiger partial charge in [-0.2, -0.15) is 18.3 Å². The summed E-state index contributed by atoms with van der Waals surface area (Å²) in [7, 11) is 1.47. The third-order valence-corrected chi connectivity index (χ3v) is 1.54. The van der Waals surface area contributed by atoms with Crippen LogP contribution in [0.5, 0.6) is 0 Å². The zero-order valence-corrected chi connectivity index (χ0v) is 7.26. The lowest BCUT2D eigenvalue weighted by molar-refractivity contribution is -0.0558. The number of nitrogens with zero attached hydrogens (tertiary/aromatic N) is 3. The van der Waals surface area contributed by atoms with Gasteiger partial charge in [-0.05, 0) is 0 Å². The van der Waals surface area contributed by atoms with Gasteiger partial charge >= 0.3 is 6.18 Å². The molecule has 72 valence electrons. The lowest BCUT2D eigenvalue weighted by Crippen LogP contribution is -2.16. The number of aryl methyl sites for hydroxylation is 1. The molecule has 0 bridgehead atoms. The van der Waals surface area contributed by atoms with Gasteiger partial charge in [-0.25, -0.2) is 4.99 Å². The van der Waals surface area contributed by atoms with Crippen molar-refractivity contribution in [3.05, 3.63) is 12.3 Å². The zero-order valence-electron chi connectivity index (χ0n) is 6.51. The second-order valence-electron chi connectivity index (χ2n) is 2.21. The van der Waals surface area contributed by atoms with Crippen molar-refractivity contribution in [2.75, 3.05) is 0 Å². The molecular weight excluding hydrogens is 207 g/mol. The summed E-state index contributed by atoms with van der Waals surface area (Å²) in [6, 6.07) is 1.33. The minimum Gasteiger partial charge on any atom is -0.251 e. The van der Waals surface area contributed by atoms with Gasteiger partial charge in [0.1, 0.15) is 0 Å². The number of hydrogen-bond acceptors (Lipinski definition) is 2. The van der Waals surface area contributed by atoms with Crippen LogP contribution in [0.2, 0.25) is 0 Å². The van der Waals surface area contributed by atoms with E-state index in [9.17, 15) is 13.2 Å². The Hall–Kier alpha value is -1.04. The molecule has 7 heteroatoms. The minimum absolute atomic E-state index is 0.0577. The van der Waals surface area contributed by atoms with E-state index in [-0.39, 0.29) is 5.82 Å². The van der Waals surface area contributed by atoms with Crippen molar-refractivity contribution in [2.45, 2.75) is 6.18 Å². The highest BCUT2D eigenvalue weighted by atomic mass is 35.5. The molecule has 0 saturated heterocycles. The van der Waals surface area contributed by atoms with Crippen LogP contribution in [0.3, 0.4) is 0 Å². The summed E-state index contributed by atoms with van der Waals surface area (Å²) in [5, 5.41) is 2.23. The molecule has 0 aliphatic heterocycles. The molecule has 1 heterocycles. The van der Waals surface area contributed by atoms with Crippen molar-refractivity contribution in [2.24, 2.45) is 12.0 Å². The molecule has 1 aromatic heterocycles. The Balaban J connectivity index is 2.96. The van der Waals surface area contributed by atoms with Crippen LogP contribution in [0.15, 0.2) is 17.3 Å². The largest absolute Gasteiger partial charge is 0.444 e. The molecule has 0 aromatic carbocycles. The topological polar surface area (TPSA) is 30.2 Å². The van der Waals surface area contributed by atoms with Crippen molar-refractivity contribution in [1.29, 1.82) is 0 Å². The molecule has 0 unspecified atom stereocenters. The molecule has 0 spiro atoms. The van der Waals surface area contributed by atoms with Gasteiger partial charge in [0, 0.05) is 13.1 Å². The Kier molecular flexibility index (Phi) is 2.60. The third kappa shape index (κ3) is 2.45. The maximum atomic E-state index is 11.9. The summed E-state index contributed by atoms with van der Waals surface area (Å²) in [5.41, 5.74) is 0. The number of hydrogen-bond donors (Lipinski definition) is 0. The van der Waals surface area contributed by atoms with Crippen LogP contribution < -0.4 is 0 Å². The fraction of sp³-hybridized carbons (Fsp3) is 0.333. The average molecular weight is 212 g/mol. The Bertz CT molecular complexity index is 328. The molecule has 0 fully saturated rings. The summed E-state index contributed by atoms with van der Waals surface area (Å²) in [6.45, 7) is 0. The van der Waals surface area contributed by atoms with Crippen LogP contribution in [0.1, 0.15) is 0 Å². The van der Waals surface area contributed by atoms with Gasteiger partial charge in [0.15, 0.2) is 5.82 Å². The number of halogens is 4. The predicted octanol–water partition coefficient (Wildman–Crippen LogP) is 2.25. The minimum atomic E-state index is -4.61. The highest BCUT2D eigenvalue weighted by Crippen LogP contribution is 2.22. The maximum absolute atomic E-state index is 11.9. The lowest BCUT2D eigenvalue weighted by Gasteiger charge is -2.02. The summed E-state index contributed by atoms with van der Waals surface area (Å²) in [6.07, 6.45) is -3.27. The number of aromatic nitrogens is 2. The highest BCUT2D eigenvalue weighted by Gasteiger charge is 2.34. The molecule has 13 heavy (non-hydrogen) atoms. The first kappa shape index (κ1) is 10.0. The maximum Gasteiger partial charge on any atom is 0.444 e. The average Bonchev–Trinajstić information content (AvgIpc) is 2.34. The molecule has 0 N–H and O–H groups in total. The van der Waals surface area contributed by atoms with E-state index < -0.39 is 11.3 Å². The van der Waals surface area contributed by atoms with Crippen molar-refractivity contribution >= 4 is 22.6 Å². The Morgan fingerprint density at radius 3 is 2.62 bits per heavy atom. The van der Waals surface area contributed by atoms with Crippen LogP contribution in [0.4, 0.5) is 19.0 Å². The fourth-order valence-electron chi connectivity index (χ4n) is 0.641. The van der Waals surface area contributed by atoms with E-state index in [4.69, 9.17) is 11.6 Å². The summed E-state index contributed by atoms with van der Waals surface area (Å²) in [4.78, 5) is 3.15. The molecule has 0 saturated carbocycles. The van der Waals surface area contributed by atoms with Crippen LogP contribution in [-0.2, 0) is 7.05 Å². The molecule has 0 atom stereocenters. The van der Waals surface area contributed by atoms with Crippen LogP contribution in [-0.4, -0.2) is 21.1 Å². The summed E-state index contributed by atoms with van der Waals surface area (Å²) >= 11 is 4.90. The number of rotatable bonds is 1. The predicted molar refractivity (Wildman–Crippen MR) is 42.2 cm³/mol. The third-order valence-electron chi connectivity index (χ3n) is 1.24. The molecular formula is C6H5ClF3N3. The molecule has 0 radical (unpaired) electrons. The number of alkyl halides is 3. The first-order chi connectivity index (χ1) is 5.91. The SMILES string of the molecule is Cn1nccc1N=C(Cl)C(F)(F)F. The van der Waals surface area contributed by atoms with Crippen molar-refractivity contribution in [1.82, 2.24) is 9.78 Å². The molecule has 0 aliphatic carbocycles. The summed E-state index contributed by atoms with van der Waals surface area (Å²) in [5.74, 6) is 0.0577. The van der Waals surface area contributed by atoms with E-state index in [1.165, 1.54) is 24.0 Å². The first-order valence-electron chi connectivity index (χ1n) is 3.20. The Morgan fingerprint density at radius 2 is 2.23 bits per heavy atom. The van der Waals surface area contributed by atoms with Crippen LogP contribution in [0, 0.1) is 0 Å². The lowest BCUT2D eigenvalue weighted by atomic mass is 10.6. The molecule has 1 rings (SSSR count). The standard InChI is InChI=1S/C6H5ClF3N3/c1-13-4(2-3-11-13)12-5(7)6(8,9)10/h2-3H,1H3. The smallest absolute Gasteiger partial charge is 0.251 e. The van der Waals surface area contributed by atoms with Gasteiger partial charge in [0.05, 0.1) is 6.20 Å². The van der Waals surface area contributed by atoms with E-state index >= 15 is 0 Å². The van der Waals surface area contributed by atoms with Gasteiger partial charge in [-0.3, -0.25) is 4.68 Å². The molecule has 3 nitrogen and oxygen atoms in total. The second kappa shape index (κ2) is 3.37. The van der Waals surface area contributed by atoms with Gasteiger partial charge in [0.25, 0.3) is 0 Å². The number of aliphatic imine (C=N–C) groups is 1. The van der Waals surface area contributed by atoms with E-state index in [1.807, 2.05) is 0 Å². The van der Waals surface area contributed by atoms with Crippen LogP contribution >= 0.6 is 11.6 Å². The first-order valence-corrected chi connectivity index (χ1v) is 3.58. The fourth-order valence-corrected chi connectivity index (χ4v) is 0.727. The van der Waals surface area contributed by atoms with Gasteiger partial charge in [-0.1, -0.05) is 11.6 Å². The van der Waals surface area contributed by atoms with Gasteiger partial charge < -0.3 is 0 Å². The van der Waals surface area contributed by atoms with E-state index in [0.717, 1.165) is 0 Å². The zero-order chi connectivity index (χ0) is 10.1. The van der Waals surface area contributed by atoms with E-state index in [2.05, 4.69) is 10.1 Å². The summed E-state index contributed by atoms with van der Waals surface area (Å²) < 4.78 is 36.8. The molecule has 1 aromatic rings. The molecule has 0 amide bonds. The normalized spacial score (nSPS) is 13.5. The van der Waals surface area contributed by atoms with E-state index in [1.54, 1.807) is 0 Å². The van der Waals surface area contributed by atoms with Crippen molar-refractivity contribution in [3.8, 4) is 0 Å². The monoisotopic (exact) mass is 211 g/mol. The highest BCUT2D eigenvalue weighted by molar-refractivity contribution is 6.67. The van der Waals surface area contributed by atoms with Crippen molar-refractivity contribution in [3.63, 3.8) is 0 Å². The Labute approximate surface area is 76.8 Å². The molecule has 0 aliphatic rings. The van der Waals surface area contributed by atoms with Crippen molar-refractivity contribution < 1.29 is 13.2 Å². The Morgan fingerprint density at radius 1 is 1.62 bits per heavy atom. The van der Waals surface area contributed by atoms with Gasteiger partial charge in [-0.15, -0.1) is 0 Å². The second-order valence-corrected chi connectivity index (χ2v) is 2.57. The quantitative estimate of drug-likeness (QED) is 0.656. The van der Waals surface area contributed by atoms with Gasteiger partial charge in [0.2, 0.25) is 5.17 Å². The van der Waals surface area contributed by atoms with Crippen LogP contribution in [0.25, 0.3) is 0 Å². The van der Waals surface area contributed by atoms with E-state index in [0.29, 0.717) is 0 Å².